The van der Waals surface area contributed by atoms with Gasteiger partial charge in [-0.05, 0) is 19.8 Å². The van der Waals surface area contributed by atoms with Crippen LogP contribution in [0.1, 0.15) is 19.8 Å². The Labute approximate surface area is 71.4 Å². The van der Waals surface area contributed by atoms with Gasteiger partial charge >= 0.3 is 5.97 Å². The van der Waals surface area contributed by atoms with Gasteiger partial charge in [-0.15, -0.1) is 0 Å². The second-order valence-electron chi connectivity index (χ2n) is 3.04. The Bertz CT molecular complexity index is 222. The average molecular weight is 168 g/mol. The molecule has 1 heterocycles. The molecule has 1 rings (SSSR count). The van der Waals surface area contributed by atoms with E-state index in [0.29, 0.717) is 0 Å². The van der Waals surface area contributed by atoms with Crippen molar-refractivity contribution in [3.63, 3.8) is 0 Å². The first kappa shape index (κ1) is 9.01. The molecule has 0 spiro atoms. The molecule has 2 unspecified atom stereocenters. The number of carboxylic acids is 1. The van der Waals surface area contributed by atoms with E-state index in [2.05, 4.69) is 6.07 Å². The second-order valence-corrected chi connectivity index (χ2v) is 3.04. The fourth-order valence-electron chi connectivity index (χ4n) is 1.53. The molecule has 0 aromatic heterocycles. The highest BCUT2D eigenvalue weighted by Crippen LogP contribution is 2.19. The molecule has 0 aromatic carbocycles. The summed E-state index contributed by atoms with van der Waals surface area (Å²) < 4.78 is 0. The number of aliphatic carboxylic acids is 1. The third kappa shape index (κ3) is 1.56. The van der Waals surface area contributed by atoms with E-state index in [0.717, 1.165) is 19.4 Å². The summed E-state index contributed by atoms with van der Waals surface area (Å²) >= 11 is 0. The number of carbonyl (C=O) groups is 1. The largest absolute Gasteiger partial charge is 0.480 e. The number of nitrogens with zero attached hydrogens (tertiary/aromatic N) is 2. The highest BCUT2D eigenvalue weighted by molar-refractivity contribution is 5.73. The van der Waals surface area contributed by atoms with Crippen LogP contribution in [-0.2, 0) is 4.79 Å². The summed E-state index contributed by atoms with van der Waals surface area (Å²) in [6.45, 7) is 2.35. The van der Waals surface area contributed by atoms with Crippen molar-refractivity contribution in [2.45, 2.75) is 31.8 Å². The fraction of sp³-hybridized carbons (Fsp3) is 0.750. The van der Waals surface area contributed by atoms with Crippen molar-refractivity contribution in [2.75, 3.05) is 6.54 Å². The first-order chi connectivity index (χ1) is 5.66. The van der Waals surface area contributed by atoms with Gasteiger partial charge in [0.25, 0.3) is 0 Å². The normalized spacial score (nSPS) is 26.5. The molecule has 1 aliphatic rings. The minimum absolute atomic E-state index is 0.198. The van der Waals surface area contributed by atoms with Gasteiger partial charge in [0, 0.05) is 6.54 Å². The summed E-state index contributed by atoms with van der Waals surface area (Å²) in [6, 6.07) is 1.38. The quantitative estimate of drug-likeness (QED) is 0.650. The molecule has 4 nitrogen and oxygen atoms in total. The number of rotatable bonds is 2. The zero-order chi connectivity index (χ0) is 9.14. The monoisotopic (exact) mass is 168 g/mol. The van der Waals surface area contributed by atoms with Crippen molar-refractivity contribution in [2.24, 2.45) is 0 Å². The van der Waals surface area contributed by atoms with Crippen LogP contribution in [-0.4, -0.2) is 34.6 Å². The van der Waals surface area contributed by atoms with Gasteiger partial charge in [0.15, 0.2) is 0 Å². The summed E-state index contributed by atoms with van der Waals surface area (Å²) in [6.07, 6.45) is 1.73. The lowest BCUT2D eigenvalue weighted by atomic mass is 10.2. The van der Waals surface area contributed by atoms with E-state index in [9.17, 15) is 4.79 Å². The van der Waals surface area contributed by atoms with Crippen LogP contribution in [0.5, 0.6) is 0 Å². The van der Waals surface area contributed by atoms with Gasteiger partial charge in [0.1, 0.15) is 6.04 Å². The molecule has 0 aromatic rings. The van der Waals surface area contributed by atoms with Crippen LogP contribution in [0.25, 0.3) is 0 Å². The van der Waals surface area contributed by atoms with Gasteiger partial charge < -0.3 is 5.11 Å². The summed E-state index contributed by atoms with van der Waals surface area (Å²) in [4.78, 5) is 12.3. The number of nitriles is 1. The number of hydrogen-bond donors (Lipinski definition) is 1. The molecule has 4 heteroatoms. The fourth-order valence-corrected chi connectivity index (χ4v) is 1.53. The Morgan fingerprint density at radius 1 is 1.83 bits per heavy atom. The van der Waals surface area contributed by atoms with E-state index in [4.69, 9.17) is 10.4 Å². The Kier molecular flexibility index (Phi) is 2.66. The third-order valence-electron chi connectivity index (χ3n) is 2.30. The van der Waals surface area contributed by atoms with E-state index in [1.165, 1.54) is 0 Å². The van der Waals surface area contributed by atoms with Crippen LogP contribution >= 0.6 is 0 Å². The zero-order valence-electron chi connectivity index (χ0n) is 7.03. The smallest absolute Gasteiger partial charge is 0.320 e. The lowest BCUT2D eigenvalue weighted by Gasteiger charge is -2.22. The predicted molar refractivity (Wildman–Crippen MR) is 42.4 cm³/mol. The van der Waals surface area contributed by atoms with Gasteiger partial charge in [-0.2, -0.15) is 5.26 Å². The Morgan fingerprint density at radius 3 is 3.00 bits per heavy atom. The van der Waals surface area contributed by atoms with Crippen LogP contribution in [0.15, 0.2) is 0 Å². The van der Waals surface area contributed by atoms with E-state index < -0.39 is 12.0 Å². The molecule has 12 heavy (non-hydrogen) atoms. The number of likely N-dealkylation sites (tertiary alicyclic amines) is 1. The summed E-state index contributed by atoms with van der Waals surface area (Å²) in [5, 5.41) is 17.4. The highest BCUT2D eigenvalue weighted by atomic mass is 16.4. The minimum atomic E-state index is -0.850. The molecule has 1 fully saturated rings. The van der Waals surface area contributed by atoms with Gasteiger partial charge in [0.2, 0.25) is 0 Å². The molecule has 1 aliphatic heterocycles. The van der Waals surface area contributed by atoms with Crippen molar-refractivity contribution in [1.29, 1.82) is 5.26 Å². The lowest BCUT2D eigenvalue weighted by Crippen LogP contribution is -2.41. The van der Waals surface area contributed by atoms with E-state index >= 15 is 0 Å². The zero-order valence-corrected chi connectivity index (χ0v) is 7.03. The highest BCUT2D eigenvalue weighted by Gasteiger charge is 2.31. The van der Waals surface area contributed by atoms with E-state index in [-0.39, 0.29) is 6.04 Å². The predicted octanol–water partition coefficient (Wildman–Crippen LogP) is 0.447. The molecule has 0 saturated carbocycles. The Balaban J connectivity index is 2.62. The number of carboxylic acid groups (broad SMARTS) is 1. The molecular weight excluding hydrogens is 156 g/mol. The van der Waals surface area contributed by atoms with Crippen molar-refractivity contribution < 1.29 is 9.90 Å². The van der Waals surface area contributed by atoms with Crippen LogP contribution in [0.2, 0.25) is 0 Å². The van der Waals surface area contributed by atoms with E-state index in [1.54, 1.807) is 11.8 Å². The lowest BCUT2D eigenvalue weighted by molar-refractivity contribution is -0.142. The maximum Gasteiger partial charge on any atom is 0.320 e. The standard InChI is InChI=1S/C8H12N2O2/c1-6(8(11)12)10-4-2-3-7(10)5-9/h6-7H,2-4H2,1H3,(H,11,12). The maximum atomic E-state index is 10.6. The van der Waals surface area contributed by atoms with E-state index in [1.807, 2.05) is 0 Å². The molecule has 1 saturated heterocycles. The third-order valence-corrected chi connectivity index (χ3v) is 2.30. The van der Waals surface area contributed by atoms with Gasteiger partial charge in [-0.3, -0.25) is 9.69 Å². The average Bonchev–Trinajstić information content (AvgIpc) is 2.49. The molecule has 1 N–H and O–H groups in total. The molecule has 0 aliphatic carbocycles. The van der Waals surface area contributed by atoms with Crippen molar-refractivity contribution in [3.05, 3.63) is 0 Å². The summed E-state index contributed by atoms with van der Waals surface area (Å²) in [5.41, 5.74) is 0. The summed E-state index contributed by atoms with van der Waals surface area (Å²) in [7, 11) is 0. The Morgan fingerprint density at radius 2 is 2.50 bits per heavy atom. The molecule has 2 atom stereocenters. The van der Waals surface area contributed by atoms with Crippen molar-refractivity contribution >= 4 is 5.97 Å². The first-order valence-electron chi connectivity index (χ1n) is 4.05. The van der Waals surface area contributed by atoms with Crippen LogP contribution in [0, 0.1) is 11.3 Å². The first-order valence-corrected chi connectivity index (χ1v) is 4.05. The number of hydrogen-bond acceptors (Lipinski definition) is 3. The molecule has 0 amide bonds. The minimum Gasteiger partial charge on any atom is -0.480 e. The van der Waals surface area contributed by atoms with Gasteiger partial charge in [-0.1, -0.05) is 0 Å². The topological polar surface area (TPSA) is 64.3 Å². The van der Waals surface area contributed by atoms with Gasteiger partial charge in [-0.25, -0.2) is 0 Å². The summed E-state index contributed by atoms with van der Waals surface area (Å²) in [5.74, 6) is -0.850. The second kappa shape index (κ2) is 3.55. The maximum absolute atomic E-state index is 10.6. The molecule has 0 radical (unpaired) electrons. The van der Waals surface area contributed by atoms with Gasteiger partial charge in [0.05, 0.1) is 12.1 Å². The molecular formula is C8H12N2O2. The Hall–Kier alpha value is -1.08. The van der Waals surface area contributed by atoms with Crippen molar-refractivity contribution in [3.8, 4) is 6.07 Å². The van der Waals surface area contributed by atoms with Crippen LogP contribution in [0.3, 0.4) is 0 Å². The molecule has 0 bridgehead atoms. The van der Waals surface area contributed by atoms with Crippen LogP contribution < -0.4 is 0 Å². The SMILES string of the molecule is CC(C(=O)O)N1CCCC1C#N. The van der Waals surface area contributed by atoms with Crippen molar-refractivity contribution in [1.82, 2.24) is 4.90 Å². The molecule has 66 valence electrons. The van der Waals surface area contributed by atoms with Crippen LogP contribution in [0.4, 0.5) is 0 Å².